The number of rotatable bonds is 3. The maximum Gasteiger partial charge on any atom is 0.145 e. The van der Waals surface area contributed by atoms with Gasteiger partial charge < -0.3 is 10.5 Å². The molecule has 0 bridgehead atoms. The zero-order chi connectivity index (χ0) is 13.9. The Kier molecular flexibility index (Phi) is 3.35. The number of ether oxygens (including phenoxy) is 1. The van der Waals surface area contributed by atoms with E-state index in [-0.39, 0.29) is 0 Å². The van der Waals surface area contributed by atoms with Crippen LogP contribution >= 0.6 is 0 Å². The first-order valence-electron chi connectivity index (χ1n) is 6.54. The van der Waals surface area contributed by atoms with Gasteiger partial charge in [0.1, 0.15) is 11.3 Å². The van der Waals surface area contributed by atoms with E-state index in [0.717, 1.165) is 33.3 Å². The van der Waals surface area contributed by atoms with E-state index in [0.29, 0.717) is 6.54 Å². The molecule has 3 rings (SSSR count). The fourth-order valence-electron chi connectivity index (χ4n) is 2.43. The molecule has 0 saturated heterocycles. The fourth-order valence-corrected chi connectivity index (χ4v) is 2.43. The molecule has 0 amide bonds. The summed E-state index contributed by atoms with van der Waals surface area (Å²) in [6.07, 6.45) is 1.78. The number of hydrogen-bond acceptors (Lipinski definition) is 3. The van der Waals surface area contributed by atoms with E-state index in [9.17, 15) is 0 Å². The lowest BCUT2D eigenvalue weighted by molar-refractivity contribution is 0.419. The molecule has 2 N–H and O–H groups in total. The number of pyridine rings is 1. The van der Waals surface area contributed by atoms with Crippen LogP contribution in [0.5, 0.6) is 5.75 Å². The molecule has 3 aromatic rings. The molecular formula is C17H16N2O. The van der Waals surface area contributed by atoms with E-state index in [1.54, 1.807) is 13.3 Å². The van der Waals surface area contributed by atoms with Gasteiger partial charge in [0, 0.05) is 18.1 Å². The summed E-state index contributed by atoms with van der Waals surface area (Å²) >= 11 is 0. The van der Waals surface area contributed by atoms with Crippen molar-refractivity contribution in [1.29, 1.82) is 0 Å². The predicted molar refractivity (Wildman–Crippen MR) is 81.6 cm³/mol. The quantitative estimate of drug-likeness (QED) is 0.789. The van der Waals surface area contributed by atoms with E-state index in [4.69, 9.17) is 10.5 Å². The number of benzene rings is 2. The van der Waals surface area contributed by atoms with E-state index in [1.807, 2.05) is 24.3 Å². The van der Waals surface area contributed by atoms with Crippen molar-refractivity contribution in [2.75, 3.05) is 7.11 Å². The van der Waals surface area contributed by atoms with Gasteiger partial charge in [0.15, 0.2) is 0 Å². The highest BCUT2D eigenvalue weighted by Crippen LogP contribution is 2.33. The van der Waals surface area contributed by atoms with Crippen molar-refractivity contribution >= 4 is 10.9 Å². The van der Waals surface area contributed by atoms with Crippen molar-refractivity contribution in [3.8, 4) is 16.9 Å². The topological polar surface area (TPSA) is 48.1 Å². The summed E-state index contributed by atoms with van der Waals surface area (Å²) in [6, 6.07) is 16.3. The highest BCUT2D eigenvalue weighted by Gasteiger charge is 2.09. The molecule has 0 unspecified atom stereocenters. The summed E-state index contributed by atoms with van der Waals surface area (Å²) in [4.78, 5) is 4.43. The Morgan fingerprint density at radius 3 is 2.80 bits per heavy atom. The van der Waals surface area contributed by atoms with Crippen molar-refractivity contribution in [2.24, 2.45) is 5.73 Å². The molecule has 0 saturated carbocycles. The minimum absolute atomic E-state index is 0.542. The molecule has 0 atom stereocenters. The average molecular weight is 264 g/mol. The van der Waals surface area contributed by atoms with Gasteiger partial charge in [-0.15, -0.1) is 0 Å². The molecule has 2 aromatic carbocycles. The molecule has 20 heavy (non-hydrogen) atoms. The number of nitrogens with two attached hydrogens (primary N) is 1. The zero-order valence-corrected chi connectivity index (χ0v) is 11.3. The minimum atomic E-state index is 0.542. The molecule has 3 heteroatoms. The lowest BCUT2D eigenvalue weighted by Crippen LogP contribution is -1.96. The van der Waals surface area contributed by atoms with Crippen LogP contribution in [0.4, 0.5) is 0 Å². The van der Waals surface area contributed by atoms with Crippen molar-refractivity contribution in [1.82, 2.24) is 4.98 Å². The Morgan fingerprint density at radius 1 is 1.10 bits per heavy atom. The third-order valence-corrected chi connectivity index (χ3v) is 3.43. The summed E-state index contributed by atoms with van der Waals surface area (Å²) in [5, 5.41) is 1.08. The number of hydrogen-bond donors (Lipinski definition) is 1. The van der Waals surface area contributed by atoms with Crippen LogP contribution in [-0.2, 0) is 6.54 Å². The van der Waals surface area contributed by atoms with E-state index in [2.05, 4.69) is 29.2 Å². The lowest BCUT2D eigenvalue weighted by atomic mass is 9.98. The highest BCUT2D eigenvalue weighted by molar-refractivity contribution is 5.97. The first-order chi connectivity index (χ1) is 9.83. The molecule has 0 spiro atoms. The number of methoxy groups -OCH3 is 1. The molecule has 0 aliphatic rings. The second kappa shape index (κ2) is 5.31. The molecule has 1 aromatic heterocycles. The summed E-state index contributed by atoms with van der Waals surface area (Å²) in [5.41, 5.74) is 10.0. The van der Waals surface area contributed by atoms with Crippen LogP contribution in [0.2, 0.25) is 0 Å². The van der Waals surface area contributed by atoms with Gasteiger partial charge in [0.25, 0.3) is 0 Å². The maximum absolute atomic E-state index is 5.72. The van der Waals surface area contributed by atoms with Gasteiger partial charge >= 0.3 is 0 Å². The molecule has 100 valence electrons. The van der Waals surface area contributed by atoms with Crippen LogP contribution < -0.4 is 10.5 Å². The third kappa shape index (κ3) is 2.12. The van der Waals surface area contributed by atoms with Crippen LogP contribution in [-0.4, -0.2) is 12.1 Å². The first kappa shape index (κ1) is 12.6. The Labute approximate surface area is 118 Å². The third-order valence-electron chi connectivity index (χ3n) is 3.43. The van der Waals surface area contributed by atoms with E-state index >= 15 is 0 Å². The molecule has 0 radical (unpaired) electrons. The Bertz CT molecular complexity index is 753. The van der Waals surface area contributed by atoms with Gasteiger partial charge in [-0.05, 0) is 41.0 Å². The van der Waals surface area contributed by atoms with Crippen LogP contribution in [0.25, 0.3) is 22.0 Å². The maximum atomic E-state index is 5.72. The highest BCUT2D eigenvalue weighted by atomic mass is 16.5. The van der Waals surface area contributed by atoms with Crippen LogP contribution in [0, 0.1) is 0 Å². The summed E-state index contributed by atoms with van der Waals surface area (Å²) in [5.74, 6) is 0.791. The van der Waals surface area contributed by atoms with Crippen LogP contribution in [0.3, 0.4) is 0 Å². The monoisotopic (exact) mass is 264 g/mol. The van der Waals surface area contributed by atoms with Crippen molar-refractivity contribution < 1.29 is 4.74 Å². The SMILES string of the molecule is COc1ccc(-c2cccc(CN)c2)c2cccnc12. The van der Waals surface area contributed by atoms with Crippen LogP contribution in [0.15, 0.2) is 54.7 Å². The van der Waals surface area contributed by atoms with E-state index < -0.39 is 0 Å². The molecule has 0 aliphatic carbocycles. The van der Waals surface area contributed by atoms with Gasteiger partial charge in [-0.2, -0.15) is 0 Å². The lowest BCUT2D eigenvalue weighted by Gasteiger charge is -2.10. The Hall–Kier alpha value is -2.39. The summed E-state index contributed by atoms with van der Waals surface area (Å²) < 4.78 is 5.38. The largest absolute Gasteiger partial charge is 0.494 e. The van der Waals surface area contributed by atoms with Crippen LogP contribution in [0.1, 0.15) is 5.56 Å². The average Bonchev–Trinajstić information content (AvgIpc) is 2.54. The molecular weight excluding hydrogens is 248 g/mol. The number of aromatic nitrogens is 1. The van der Waals surface area contributed by atoms with Gasteiger partial charge in [0.2, 0.25) is 0 Å². The molecule has 3 nitrogen and oxygen atoms in total. The van der Waals surface area contributed by atoms with Crippen molar-refractivity contribution in [3.05, 3.63) is 60.3 Å². The molecule has 0 aliphatic heterocycles. The number of fused-ring (bicyclic) bond motifs is 1. The normalized spacial score (nSPS) is 10.7. The minimum Gasteiger partial charge on any atom is -0.494 e. The first-order valence-corrected chi connectivity index (χ1v) is 6.54. The second-order valence-electron chi connectivity index (χ2n) is 4.62. The Balaban J connectivity index is 2.26. The number of nitrogens with zero attached hydrogens (tertiary/aromatic N) is 1. The second-order valence-corrected chi connectivity index (χ2v) is 4.62. The van der Waals surface area contributed by atoms with E-state index in [1.165, 1.54) is 0 Å². The summed E-state index contributed by atoms with van der Waals surface area (Å²) in [6.45, 7) is 0.542. The van der Waals surface area contributed by atoms with Crippen molar-refractivity contribution in [2.45, 2.75) is 6.54 Å². The van der Waals surface area contributed by atoms with Crippen molar-refractivity contribution in [3.63, 3.8) is 0 Å². The van der Waals surface area contributed by atoms with Gasteiger partial charge in [-0.25, -0.2) is 0 Å². The molecule has 1 heterocycles. The standard InChI is InChI=1S/C17H16N2O/c1-20-16-8-7-14(15-6-3-9-19-17(15)16)13-5-2-4-12(10-13)11-18/h2-10H,11,18H2,1H3. The van der Waals surface area contributed by atoms with Gasteiger partial charge in [-0.3, -0.25) is 4.98 Å². The predicted octanol–water partition coefficient (Wildman–Crippen LogP) is 3.37. The Morgan fingerprint density at radius 2 is 2.00 bits per heavy atom. The molecule has 0 fully saturated rings. The van der Waals surface area contributed by atoms with Gasteiger partial charge in [0.05, 0.1) is 7.11 Å². The summed E-state index contributed by atoms with van der Waals surface area (Å²) in [7, 11) is 1.66. The smallest absolute Gasteiger partial charge is 0.145 e. The fraction of sp³-hybridized carbons (Fsp3) is 0.118. The zero-order valence-electron chi connectivity index (χ0n) is 11.3. The van der Waals surface area contributed by atoms with Gasteiger partial charge in [-0.1, -0.05) is 24.3 Å².